The summed E-state index contributed by atoms with van der Waals surface area (Å²) in [5.41, 5.74) is 2.14. The zero-order valence-corrected chi connectivity index (χ0v) is 18.5. The van der Waals surface area contributed by atoms with Crippen molar-refractivity contribution in [3.8, 4) is 5.75 Å². The SMILES string of the molecule is CCCCON[C@@H]1CC[C@@H](C(=O)Oc2ccc([N+](=O)[O-])cc2)N(C(=O)OC(C)(C)C)C1. The number of non-ortho nitro benzene ring substituents is 1. The van der Waals surface area contributed by atoms with Gasteiger partial charge in [-0.1, -0.05) is 13.3 Å². The van der Waals surface area contributed by atoms with Crippen LogP contribution in [0.25, 0.3) is 0 Å². The molecule has 1 N–H and O–H groups in total. The molecule has 0 spiro atoms. The van der Waals surface area contributed by atoms with Gasteiger partial charge in [0.05, 0.1) is 17.6 Å². The number of amides is 1. The summed E-state index contributed by atoms with van der Waals surface area (Å²) in [7, 11) is 0. The molecule has 31 heavy (non-hydrogen) atoms. The van der Waals surface area contributed by atoms with Gasteiger partial charge in [-0.25, -0.2) is 9.59 Å². The van der Waals surface area contributed by atoms with E-state index in [0.717, 1.165) is 12.8 Å². The molecule has 1 amide bonds. The molecular weight excluding hydrogens is 406 g/mol. The van der Waals surface area contributed by atoms with Crippen molar-refractivity contribution in [1.29, 1.82) is 0 Å². The first-order valence-electron chi connectivity index (χ1n) is 10.4. The number of likely N-dealkylation sites (tertiary alicyclic amines) is 1. The molecular formula is C21H31N3O7. The Labute approximate surface area is 181 Å². The summed E-state index contributed by atoms with van der Waals surface area (Å²) < 4.78 is 10.9. The number of hydroxylamine groups is 1. The van der Waals surface area contributed by atoms with Crippen molar-refractivity contribution in [3.05, 3.63) is 34.4 Å². The summed E-state index contributed by atoms with van der Waals surface area (Å²) in [6.07, 6.45) is 2.27. The van der Waals surface area contributed by atoms with Crippen molar-refractivity contribution in [2.24, 2.45) is 0 Å². The Morgan fingerprint density at radius 1 is 1.23 bits per heavy atom. The number of ether oxygens (including phenoxy) is 2. The van der Waals surface area contributed by atoms with Gasteiger partial charge in [0.25, 0.3) is 5.69 Å². The maximum atomic E-state index is 12.8. The number of carbonyl (C=O) groups is 2. The van der Waals surface area contributed by atoms with Gasteiger partial charge in [-0.15, -0.1) is 0 Å². The molecule has 1 heterocycles. The molecule has 1 aliphatic heterocycles. The van der Waals surface area contributed by atoms with Crippen molar-refractivity contribution in [2.75, 3.05) is 13.2 Å². The minimum absolute atomic E-state index is 0.107. The number of unbranched alkanes of at least 4 members (excludes halogenated alkanes) is 1. The Morgan fingerprint density at radius 2 is 1.90 bits per heavy atom. The van der Waals surface area contributed by atoms with Gasteiger partial charge in [-0.3, -0.25) is 15.0 Å². The van der Waals surface area contributed by atoms with E-state index in [1.165, 1.54) is 29.2 Å². The third-order valence-electron chi connectivity index (χ3n) is 4.60. The first-order chi connectivity index (χ1) is 14.6. The molecule has 0 aromatic heterocycles. The second-order valence-corrected chi connectivity index (χ2v) is 8.41. The predicted molar refractivity (Wildman–Crippen MR) is 112 cm³/mol. The van der Waals surface area contributed by atoms with E-state index in [0.29, 0.717) is 19.4 Å². The number of piperidine rings is 1. The van der Waals surface area contributed by atoms with Gasteiger partial charge < -0.3 is 14.3 Å². The van der Waals surface area contributed by atoms with Gasteiger partial charge in [-0.05, 0) is 52.2 Å². The number of nitrogens with zero attached hydrogens (tertiary/aromatic N) is 2. The normalized spacial score (nSPS) is 19.0. The summed E-state index contributed by atoms with van der Waals surface area (Å²) in [6, 6.07) is 4.22. The highest BCUT2D eigenvalue weighted by molar-refractivity contribution is 5.83. The van der Waals surface area contributed by atoms with E-state index in [2.05, 4.69) is 12.4 Å². The number of nitrogens with one attached hydrogen (secondary N) is 1. The zero-order valence-electron chi connectivity index (χ0n) is 18.5. The Morgan fingerprint density at radius 3 is 2.48 bits per heavy atom. The number of nitro benzene ring substituents is 1. The van der Waals surface area contributed by atoms with Crippen LogP contribution in [0.5, 0.6) is 5.75 Å². The molecule has 0 radical (unpaired) electrons. The number of rotatable bonds is 8. The topological polar surface area (TPSA) is 120 Å². The van der Waals surface area contributed by atoms with E-state index in [9.17, 15) is 19.7 Å². The molecule has 0 saturated carbocycles. The van der Waals surface area contributed by atoms with Crippen LogP contribution in [0, 0.1) is 10.1 Å². The average molecular weight is 437 g/mol. The Hall–Kier alpha value is -2.72. The van der Waals surface area contributed by atoms with Crippen molar-refractivity contribution < 1.29 is 28.8 Å². The maximum absolute atomic E-state index is 12.8. The fraction of sp³-hybridized carbons (Fsp3) is 0.619. The third-order valence-corrected chi connectivity index (χ3v) is 4.60. The largest absolute Gasteiger partial charge is 0.444 e. The number of hydrogen-bond acceptors (Lipinski definition) is 8. The molecule has 1 aliphatic rings. The van der Waals surface area contributed by atoms with Crippen LogP contribution in [-0.2, 0) is 14.4 Å². The summed E-state index contributed by atoms with van der Waals surface area (Å²) in [5, 5.41) is 10.8. The van der Waals surface area contributed by atoms with Crippen LogP contribution in [-0.4, -0.2) is 52.7 Å². The number of hydrogen-bond donors (Lipinski definition) is 1. The summed E-state index contributed by atoms with van der Waals surface area (Å²) in [4.78, 5) is 42.6. The van der Waals surface area contributed by atoms with E-state index in [1.807, 2.05) is 0 Å². The van der Waals surface area contributed by atoms with Crippen molar-refractivity contribution in [2.45, 2.75) is 71.1 Å². The highest BCUT2D eigenvalue weighted by Crippen LogP contribution is 2.24. The molecule has 2 atom stereocenters. The van der Waals surface area contributed by atoms with E-state index in [-0.39, 0.29) is 24.0 Å². The summed E-state index contributed by atoms with van der Waals surface area (Å²) in [6.45, 7) is 8.11. The number of benzene rings is 1. The van der Waals surface area contributed by atoms with Crippen LogP contribution in [0.3, 0.4) is 0 Å². The smallest absolute Gasteiger partial charge is 0.411 e. The maximum Gasteiger partial charge on any atom is 0.411 e. The van der Waals surface area contributed by atoms with Crippen LogP contribution in [0.4, 0.5) is 10.5 Å². The van der Waals surface area contributed by atoms with E-state index in [4.69, 9.17) is 14.3 Å². The molecule has 0 unspecified atom stereocenters. The van der Waals surface area contributed by atoms with Crippen LogP contribution < -0.4 is 10.2 Å². The van der Waals surface area contributed by atoms with Crippen LogP contribution in [0.15, 0.2) is 24.3 Å². The van der Waals surface area contributed by atoms with Crippen LogP contribution in [0.1, 0.15) is 53.4 Å². The van der Waals surface area contributed by atoms with E-state index < -0.39 is 28.6 Å². The lowest BCUT2D eigenvalue weighted by Gasteiger charge is -2.38. The number of nitro groups is 1. The molecule has 1 fully saturated rings. The molecule has 1 aromatic carbocycles. The van der Waals surface area contributed by atoms with Crippen molar-refractivity contribution >= 4 is 17.7 Å². The standard InChI is InChI=1S/C21H31N3O7/c1-5-6-13-29-22-15-7-12-18(23(14-15)20(26)31-21(2,3)4)19(25)30-17-10-8-16(9-11-17)24(27)28/h8-11,15,18,22H,5-7,12-14H2,1-4H3/t15-,18+/m1/s1. The minimum atomic E-state index is -0.835. The molecule has 10 heteroatoms. The first-order valence-corrected chi connectivity index (χ1v) is 10.4. The molecule has 172 valence electrons. The van der Waals surface area contributed by atoms with Gasteiger partial charge in [0.15, 0.2) is 0 Å². The lowest BCUT2D eigenvalue weighted by atomic mass is 9.99. The highest BCUT2D eigenvalue weighted by Gasteiger charge is 2.39. The Bertz CT molecular complexity index is 761. The van der Waals surface area contributed by atoms with Crippen LogP contribution >= 0.6 is 0 Å². The van der Waals surface area contributed by atoms with Crippen molar-refractivity contribution in [1.82, 2.24) is 10.4 Å². The second kappa shape index (κ2) is 11.1. The van der Waals surface area contributed by atoms with Gasteiger partial charge in [0, 0.05) is 18.7 Å². The van der Waals surface area contributed by atoms with Gasteiger partial charge in [0.1, 0.15) is 17.4 Å². The summed E-state index contributed by atoms with van der Waals surface area (Å²) >= 11 is 0. The molecule has 1 saturated heterocycles. The van der Waals surface area contributed by atoms with E-state index >= 15 is 0 Å². The molecule has 0 bridgehead atoms. The van der Waals surface area contributed by atoms with Gasteiger partial charge in [0.2, 0.25) is 0 Å². The van der Waals surface area contributed by atoms with Crippen molar-refractivity contribution in [3.63, 3.8) is 0 Å². The van der Waals surface area contributed by atoms with Gasteiger partial charge in [-0.2, -0.15) is 5.48 Å². The van der Waals surface area contributed by atoms with Crippen LogP contribution in [0.2, 0.25) is 0 Å². The lowest BCUT2D eigenvalue weighted by molar-refractivity contribution is -0.384. The minimum Gasteiger partial charge on any atom is -0.444 e. The lowest BCUT2D eigenvalue weighted by Crippen LogP contribution is -2.57. The second-order valence-electron chi connectivity index (χ2n) is 8.41. The first kappa shape index (κ1) is 24.5. The Balaban J connectivity index is 2.07. The number of carbonyl (C=O) groups excluding carboxylic acids is 2. The molecule has 1 aromatic rings. The quantitative estimate of drug-likeness (QED) is 0.215. The number of esters is 1. The monoisotopic (exact) mass is 437 g/mol. The molecule has 2 rings (SSSR count). The fourth-order valence-electron chi connectivity index (χ4n) is 3.05. The predicted octanol–water partition coefficient (Wildman–Crippen LogP) is 3.59. The summed E-state index contributed by atoms with van der Waals surface area (Å²) in [5.74, 6) is -0.451. The fourth-order valence-corrected chi connectivity index (χ4v) is 3.05. The zero-order chi connectivity index (χ0) is 23.0. The highest BCUT2D eigenvalue weighted by atomic mass is 16.6. The van der Waals surface area contributed by atoms with Gasteiger partial charge >= 0.3 is 12.1 Å². The molecule has 10 nitrogen and oxygen atoms in total. The molecule has 0 aliphatic carbocycles. The third kappa shape index (κ3) is 7.80. The Kier molecular flexibility index (Phi) is 8.76. The van der Waals surface area contributed by atoms with E-state index in [1.54, 1.807) is 20.8 Å². The average Bonchev–Trinajstić information content (AvgIpc) is 2.70.